The Hall–Kier alpha value is -1.15. The number of hydrogen-bond acceptors (Lipinski definition) is 7. The molecule has 2 rings (SSSR count). The van der Waals surface area contributed by atoms with Crippen molar-refractivity contribution in [2.24, 2.45) is 0 Å². The van der Waals surface area contributed by atoms with E-state index in [1.165, 1.54) is 13.2 Å². The van der Waals surface area contributed by atoms with Gasteiger partial charge in [0.2, 0.25) is 0 Å². The molecule has 0 atom stereocenters. The molecule has 0 radical (unpaired) electrons. The van der Waals surface area contributed by atoms with Crippen LogP contribution in [0.3, 0.4) is 0 Å². The summed E-state index contributed by atoms with van der Waals surface area (Å²) in [6.07, 6.45) is 3.97. The van der Waals surface area contributed by atoms with E-state index in [-0.39, 0.29) is 18.0 Å². The number of carbonyl (C=O) groups excluding carboxylic acids is 2. The second-order valence-corrected chi connectivity index (χ2v) is 5.19. The standard InChI is InChI=1S/C14H21NO6.ClH/c1-3-11(13(17)18-2)10-12(16)20-15-7-4-14(5-8-15)6-9-19-21-14;/h10H,3-9H2,1-2H3;1H/b11-10+;. The summed E-state index contributed by atoms with van der Waals surface area (Å²) in [5.74, 6) is -1.07. The fourth-order valence-electron chi connectivity index (χ4n) is 2.49. The molecule has 2 fully saturated rings. The van der Waals surface area contributed by atoms with Crippen LogP contribution in [-0.4, -0.2) is 49.4 Å². The van der Waals surface area contributed by atoms with Crippen LogP contribution in [0.5, 0.6) is 0 Å². The Balaban J connectivity index is 0.00000242. The van der Waals surface area contributed by atoms with Crippen LogP contribution in [-0.2, 0) is 28.9 Å². The Morgan fingerprint density at radius 1 is 1.27 bits per heavy atom. The van der Waals surface area contributed by atoms with Gasteiger partial charge in [0.05, 0.1) is 13.7 Å². The molecule has 0 N–H and O–H groups in total. The van der Waals surface area contributed by atoms with Crippen LogP contribution >= 0.6 is 12.4 Å². The summed E-state index contributed by atoms with van der Waals surface area (Å²) in [6.45, 7) is 3.56. The van der Waals surface area contributed by atoms with Gasteiger partial charge < -0.3 is 9.57 Å². The molecule has 1 spiro atoms. The van der Waals surface area contributed by atoms with Crippen LogP contribution in [0.15, 0.2) is 11.6 Å². The van der Waals surface area contributed by atoms with Crippen molar-refractivity contribution >= 4 is 24.3 Å². The number of carbonyl (C=O) groups is 2. The number of esters is 1. The monoisotopic (exact) mass is 335 g/mol. The fraction of sp³-hybridized carbons (Fsp3) is 0.714. The number of ether oxygens (including phenoxy) is 1. The van der Waals surface area contributed by atoms with E-state index in [1.807, 2.05) is 0 Å². The van der Waals surface area contributed by atoms with Gasteiger partial charge in [0.15, 0.2) is 0 Å². The van der Waals surface area contributed by atoms with E-state index in [9.17, 15) is 9.59 Å². The van der Waals surface area contributed by atoms with Crippen LogP contribution < -0.4 is 0 Å². The van der Waals surface area contributed by atoms with E-state index in [1.54, 1.807) is 12.0 Å². The average Bonchev–Trinajstić information content (AvgIpc) is 2.95. The molecule has 7 nitrogen and oxygen atoms in total. The number of hydrogen-bond donors (Lipinski definition) is 0. The molecule has 0 aliphatic carbocycles. The zero-order valence-corrected chi connectivity index (χ0v) is 13.6. The van der Waals surface area contributed by atoms with Gasteiger partial charge in [-0.2, -0.15) is 0 Å². The van der Waals surface area contributed by atoms with Gasteiger partial charge in [0, 0.05) is 31.2 Å². The van der Waals surface area contributed by atoms with Crippen LogP contribution in [0.25, 0.3) is 0 Å². The molecule has 8 heteroatoms. The Kier molecular flexibility index (Phi) is 7.28. The third-order valence-corrected chi connectivity index (χ3v) is 3.85. The van der Waals surface area contributed by atoms with Gasteiger partial charge in [-0.3, -0.25) is 0 Å². The van der Waals surface area contributed by atoms with E-state index in [4.69, 9.17) is 14.6 Å². The zero-order valence-electron chi connectivity index (χ0n) is 12.8. The van der Waals surface area contributed by atoms with Crippen molar-refractivity contribution in [2.75, 3.05) is 26.8 Å². The third-order valence-electron chi connectivity index (χ3n) is 3.85. The number of nitrogens with zero attached hydrogens (tertiary/aromatic N) is 1. The predicted octanol–water partition coefficient (Wildman–Crippen LogP) is 1.56. The maximum Gasteiger partial charge on any atom is 0.350 e. The molecule has 0 unspecified atom stereocenters. The van der Waals surface area contributed by atoms with E-state index in [0.29, 0.717) is 31.7 Å². The summed E-state index contributed by atoms with van der Waals surface area (Å²) < 4.78 is 4.60. The summed E-state index contributed by atoms with van der Waals surface area (Å²) in [7, 11) is 1.28. The number of halogens is 1. The van der Waals surface area contributed by atoms with Crippen LogP contribution in [0.2, 0.25) is 0 Å². The van der Waals surface area contributed by atoms with Crippen molar-refractivity contribution < 1.29 is 28.9 Å². The highest BCUT2D eigenvalue weighted by Gasteiger charge is 2.41. The minimum absolute atomic E-state index is 0. The molecule has 0 saturated carbocycles. The molecule has 0 aromatic rings. The lowest BCUT2D eigenvalue weighted by Gasteiger charge is -2.35. The first-order valence-corrected chi connectivity index (χ1v) is 7.15. The fourth-order valence-corrected chi connectivity index (χ4v) is 2.49. The predicted molar refractivity (Wildman–Crippen MR) is 78.9 cm³/mol. The molecule has 22 heavy (non-hydrogen) atoms. The van der Waals surface area contributed by atoms with E-state index in [2.05, 4.69) is 4.74 Å². The third kappa shape index (κ3) is 4.67. The highest BCUT2D eigenvalue weighted by molar-refractivity contribution is 5.96. The van der Waals surface area contributed by atoms with Crippen molar-refractivity contribution in [1.29, 1.82) is 0 Å². The van der Waals surface area contributed by atoms with Crippen molar-refractivity contribution in [1.82, 2.24) is 5.06 Å². The Morgan fingerprint density at radius 3 is 2.45 bits per heavy atom. The van der Waals surface area contributed by atoms with Crippen molar-refractivity contribution in [3.05, 3.63) is 11.6 Å². The second kappa shape index (κ2) is 8.47. The first kappa shape index (κ1) is 18.9. The van der Waals surface area contributed by atoms with Crippen LogP contribution in [0.1, 0.15) is 32.6 Å². The molecular formula is C14H22ClNO6. The van der Waals surface area contributed by atoms with Gasteiger partial charge in [-0.25, -0.2) is 19.4 Å². The zero-order chi connectivity index (χ0) is 15.3. The summed E-state index contributed by atoms with van der Waals surface area (Å²) in [5, 5.41) is 1.59. The van der Waals surface area contributed by atoms with Gasteiger partial charge in [0.1, 0.15) is 5.60 Å². The molecule has 126 valence electrons. The van der Waals surface area contributed by atoms with E-state index < -0.39 is 11.9 Å². The summed E-state index contributed by atoms with van der Waals surface area (Å²) in [5.41, 5.74) is 0.0720. The van der Waals surface area contributed by atoms with Crippen LogP contribution in [0, 0.1) is 0 Å². The smallest absolute Gasteiger partial charge is 0.350 e. The molecule has 2 aliphatic rings. The van der Waals surface area contributed by atoms with E-state index in [0.717, 1.165) is 19.3 Å². The largest absolute Gasteiger partial charge is 0.466 e. The average molecular weight is 336 g/mol. The molecule has 2 saturated heterocycles. The van der Waals surface area contributed by atoms with Gasteiger partial charge in [-0.05, 0) is 19.3 Å². The number of piperidine rings is 1. The van der Waals surface area contributed by atoms with Crippen molar-refractivity contribution in [3.8, 4) is 0 Å². The van der Waals surface area contributed by atoms with Crippen LogP contribution in [0.4, 0.5) is 0 Å². The van der Waals surface area contributed by atoms with Crippen molar-refractivity contribution in [2.45, 2.75) is 38.2 Å². The highest BCUT2D eigenvalue weighted by Crippen LogP contribution is 2.34. The summed E-state index contributed by atoms with van der Waals surface area (Å²) in [4.78, 5) is 38.7. The number of rotatable bonds is 4. The van der Waals surface area contributed by atoms with Gasteiger partial charge >= 0.3 is 11.9 Å². The topological polar surface area (TPSA) is 74.3 Å². The van der Waals surface area contributed by atoms with Gasteiger partial charge in [0.25, 0.3) is 0 Å². The molecule has 2 aliphatic heterocycles. The minimum Gasteiger partial charge on any atom is -0.466 e. The Bertz CT molecular complexity index is 423. The first-order chi connectivity index (χ1) is 10.1. The molecule has 2 heterocycles. The number of hydroxylamine groups is 2. The molecule has 0 amide bonds. The lowest BCUT2D eigenvalue weighted by molar-refractivity contribution is -0.322. The van der Waals surface area contributed by atoms with E-state index >= 15 is 0 Å². The SMILES string of the molecule is CC/C(=C\C(=O)ON1CCC2(CCOO2)CC1)C(=O)OC.Cl. The maximum absolute atomic E-state index is 11.8. The minimum atomic E-state index is -0.559. The lowest BCUT2D eigenvalue weighted by atomic mass is 9.90. The second-order valence-electron chi connectivity index (χ2n) is 5.19. The summed E-state index contributed by atoms with van der Waals surface area (Å²) >= 11 is 0. The maximum atomic E-state index is 11.8. The highest BCUT2D eigenvalue weighted by atomic mass is 35.5. The number of methoxy groups -OCH3 is 1. The molecule has 0 bridgehead atoms. The van der Waals surface area contributed by atoms with Crippen molar-refractivity contribution in [3.63, 3.8) is 0 Å². The first-order valence-electron chi connectivity index (χ1n) is 7.15. The van der Waals surface area contributed by atoms with Gasteiger partial charge in [-0.15, -0.1) is 17.5 Å². The Labute approximate surface area is 135 Å². The lowest BCUT2D eigenvalue weighted by Crippen LogP contribution is -2.44. The molecular weight excluding hydrogens is 314 g/mol. The van der Waals surface area contributed by atoms with Gasteiger partial charge in [-0.1, -0.05) is 6.92 Å². The molecule has 0 aromatic heterocycles. The quantitative estimate of drug-likeness (QED) is 0.438. The molecule has 0 aromatic carbocycles. The Morgan fingerprint density at radius 2 is 1.95 bits per heavy atom. The summed E-state index contributed by atoms with van der Waals surface area (Å²) in [6, 6.07) is 0. The normalized spacial score (nSPS) is 21.3.